The van der Waals surface area contributed by atoms with Crippen LogP contribution in [0.25, 0.3) is 5.57 Å². The van der Waals surface area contributed by atoms with Crippen LogP contribution in [0.4, 0.5) is 4.39 Å². The third-order valence-electron chi connectivity index (χ3n) is 4.71. The molecule has 0 bridgehead atoms. The number of aryl methyl sites for hydroxylation is 1. The van der Waals surface area contributed by atoms with E-state index in [1.54, 1.807) is 18.6 Å². The Bertz CT molecular complexity index is 772. The van der Waals surface area contributed by atoms with E-state index < -0.39 is 5.67 Å². The van der Waals surface area contributed by atoms with Crippen molar-refractivity contribution in [2.75, 3.05) is 19.6 Å². The van der Waals surface area contributed by atoms with E-state index in [4.69, 9.17) is 5.73 Å². The van der Waals surface area contributed by atoms with Crippen molar-refractivity contribution in [2.24, 2.45) is 5.73 Å². The molecule has 144 valence electrons. The van der Waals surface area contributed by atoms with Crippen LogP contribution in [-0.4, -0.2) is 30.3 Å². The summed E-state index contributed by atoms with van der Waals surface area (Å²) in [5.74, 6) is 0.385. The van der Waals surface area contributed by atoms with Gasteiger partial charge in [-0.25, -0.2) is 4.39 Å². The molecule has 2 aliphatic rings. The molecule has 1 saturated heterocycles. The van der Waals surface area contributed by atoms with Gasteiger partial charge in [0.25, 0.3) is 0 Å². The normalized spacial score (nSPS) is 25.5. The predicted molar refractivity (Wildman–Crippen MR) is 107 cm³/mol. The maximum atomic E-state index is 14.8. The molecule has 1 fully saturated rings. The lowest BCUT2D eigenvalue weighted by atomic mass is 9.96. The molecule has 0 aromatic carbocycles. The molecule has 1 unspecified atom stereocenters. The Labute approximate surface area is 159 Å². The summed E-state index contributed by atoms with van der Waals surface area (Å²) in [5, 5.41) is 12.4. The number of hydrogen-bond acceptors (Lipinski definition) is 6. The first-order valence-electron chi connectivity index (χ1n) is 9.12. The number of nitrogens with zero attached hydrogens (tertiary/aromatic N) is 1. The summed E-state index contributed by atoms with van der Waals surface area (Å²) in [6, 6.07) is 3.92. The minimum atomic E-state index is -1.29. The van der Waals surface area contributed by atoms with E-state index in [2.05, 4.69) is 32.8 Å². The van der Waals surface area contributed by atoms with Gasteiger partial charge in [0.1, 0.15) is 17.2 Å². The zero-order valence-electron chi connectivity index (χ0n) is 15.6. The van der Waals surface area contributed by atoms with Crippen LogP contribution in [-0.2, 0) is 0 Å². The Morgan fingerprint density at radius 1 is 1.41 bits per heavy atom. The van der Waals surface area contributed by atoms with Crippen LogP contribution >= 0.6 is 0 Å². The van der Waals surface area contributed by atoms with Crippen molar-refractivity contribution in [2.45, 2.75) is 25.4 Å². The van der Waals surface area contributed by atoms with Crippen molar-refractivity contribution < 1.29 is 4.39 Å². The Kier molecular flexibility index (Phi) is 5.81. The summed E-state index contributed by atoms with van der Waals surface area (Å²) in [5.41, 5.74) is 9.00. The van der Waals surface area contributed by atoms with Gasteiger partial charge in [-0.05, 0) is 49.6 Å². The second-order valence-corrected chi connectivity index (χ2v) is 6.97. The van der Waals surface area contributed by atoms with Crippen LogP contribution in [0.15, 0.2) is 60.6 Å². The summed E-state index contributed by atoms with van der Waals surface area (Å²) in [7, 11) is 0. The van der Waals surface area contributed by atoms with E-state index in [1.807, 2.05) is 25.1 Å². The number of nitrogens with one attached hydrogen (secondary N) is 4. The van der Waals surface area contributed by atoms with E-state index >= 15 is 0 Å². The van der Waals surface area contributed by atoms with Gasteiger partial charge in [0.05, 0.1) is 12.2 Å². The standard InChI is InChI=1S/C20H27FN6/c1-14(16-5-4-15(2)26-11-16)10-17-18(25-9-8-24-17)19(22)27-13-20(21)6-3-7-23-12-20/h4-5,8-11,23-25,27H,1,3,6-7,12-13,22H2,2H3/b17-10+,19-18-. The zero-order valence-corrected chi connectivity index (χ0v) is 15.6. The Morgan fingerprint density at radius 2 is 2.22 bits per heavy atom. The van der Waals surface area contributed by atoms with Crippen molar-refractivity contribution in [1.29, 1.82) is 0 Å². The van der Waals surface area contributed by atoms with Gasteiger partial charge >= 0.3 is 0 Å². The highest BCUT2D eigenvalue weighted by Gasteiger charge is 2.31. The molecule has 27 heavy (non-hydrogen) atoms. The number of nitrogens with two attached hydrogens (primary N) is 1. The first-order chi connectivity index (χ1) is 13.0. The van der Waals surface area contributed by atoms with Crippen LogP contribution < -0.4 is 27.0 Å². The molecule has 1 aromatic rings. The third-order valence-corrected chi connectivity index (χ3v) is 4.71. The van der Waals surface area contributed by atoms with Crippen molar-refractivity contribution >= 4 is 5.57 Å². The molecule has 3 heterocycles. The summed E-state index contributed by atoms with van der Waals surface area (Å²) in [4.78, 5) is 4.30. The van der Waals surface area contributed by atoms with Gasteiger partial charge in [-0.2, -0.15) is 0 Å². The fourth-order valence-corrected chi connectivity index (χ4v) is 3.08. The zero-order chi connectivity index (χ0) is 19.3. The van der Waals surface area contributed by atoms with Gasteiger partial charge in [-0.3, -0.25) is 4.98 Å². The maximum absolute atomic E-state index is 14.8. The number of rotatable bonds is 5. The molecule has 0 radical (unpaired) electrons. The highest BCUT2D eigenvalue weighted by Crippen LogP contribution is 2.21. The number of aromatic nitrogens is 1. The lowest BCUT2D eigenvalue weighted by Gasteiger charge is -2.31. The molecule has 1 aromatic heterocycles. The topological polar surface area (TPSA) is 87.0 Å². The van der Waals surface area contributed by atoms with Crippen LogP contribution in [0.1, 0.15) is 24.1 Å². The van der Waals surface area contributed by atoms with Crippen molar-refractivity contribution in [3.8, 4) is 0 Å². The van der Waals surface area contributed by atoms with Crippen LogP contribution in [0.5, 0.6) is 0 Å². The number of alkyl halides is 1. The van der Waals surface area contributed by atoms with E-state index in [0.717, 1.165) is 35.5 Å². The molecular weight excluding hydrogens is 343 g/mol. The lowest BCUT2D eigenvalue weighted by molar-refractivity contribution is 0.123. The molecule has 6 nitrogen and oxygen atoms in total. The smallest absolute Gasteiger partial charge is 0.140 e. The van der Waals surface area contributed by atoms with Crippen LogP contribution in [0.2, 0.25) is 0 Å². The van der Waals surface area contributed by atoms with Gasteiger partial charge in [0, 0.05) is 30.8 Å². The molecule has 6 N–H and O–H groups in total. The molecule has 3 rings (SSSR count). The highest BCUT2D eigenvalue weighted by atomic mass is 19.1. The van der Waals surface area contributed by atoms with Gasteiger partial charge < -0.3 is 27.0 Å². The number of piperidine rings is 1. The van der Waals surface area contributed by atoms with Gasteiger partial charge in [0.2, 0.25) is 0 Å². The minimum absolute atomic E-state index is 0.164. The second kappa shape index (κ2) is 8.26. The number of hydrogen-bond donors (Lipinski definition) is 5. The Morgan fingerprint density at radius 3 is 2.93 bits per heavy atom. The van der Waals surface area contributed by atoms with Crippen LogP contribution in [0.3, 0.4) is 0 Å². The average Bonchev–Trinajstić information content (AvgIpc) is 2.68. The average molecular weight is 370 g/mol. The largest absolute Gasteiger partial charge is 0.384 e. The lowest BCUT2D eigenvalue weighted by Crippen LogP contribution is -2.49. The van der Waals surface area contributed by atoms with E-state index in [-0.39, 0.29) is 6.54 Å². The van der Waals surface area contributed by atoms with E-state index in [1.165, 1.54) is 0 Å². The fraction of sp³-hybridized carbons (Fsp3) is 0.350. The minimum Gasteiger partial charge on any atom is -0.384 e. The highest BCUT2D eigenvalue weighted by molar-refractivity contribution is 5.73. The molecule has 2 aliphatic heterocycles. The fourth-order valence-electron chi connectivity index (χ4n) is 3.08. The summed E-state index contributed by atoms with van der Waals surface area (Å²) in [6.45, 7) is 7.42. The van der Waals surface area contributed by atoms with Crippen molar-refractivity contribution in [3.05, 3.63) is 71.9 Å². The number of halogens is 1. The summed E-state index contributed by atoms with van der Waals surface area (Å²) >= 11 is 0. The first-order valence-corrected chi connectivity index (χ1v) is 9.12. The molecule has 0 amide bonds. The third kappa shape index (κ3) is 4.89. The maximum Gasteiger partial charge on any atom is 0.140 e. The predicted octanol–water partition coefficient (Wildman–Crippen LogP) is 1.76. The first kappa shape index (κ1) is 19.0. The molecule has 0 aliphatic carbocycles. The summed E-state index contributed by atoms with van der Waals surface area (Å²) < 4.78 is 14.8. The Balaban J connectivity index is 1.75. The van der Waals surface area contributed by atoms with Crippen molar-refractivity contribution in [3.63, 3.8) is 0 Å². The van der Waals surface area contributed by atoms with Gasteiger partial charge in [0.15, 0.2) is 0 Å². The monoisotopic (exact) mass is 370 g/mol. The number of allylic oxidation sites excluding steroid dienone is 2. The summed E-state index contributed by atoms with van der Waals surface area (Å²) in [6.07, 6.45) is 8.54. The van der Waals surface area contributed by atoms with Gasteiger partial charge in [-0.1, -0.05) is 12.6 Å². The van der Waals surface area contributed by atoms with Crippen LogP contribution in [0, 0.1) is 6.92 Å². The Hall–Kier alpha value is -2.80. The SMILES string of the molecule is C=C(/C=C1/NC=CN/C1=C(/N)NCC1(F)CCCNC1)c1ccc(C)nc1. The molecule has 1 atom stereocenters. The number of pyridine rings is 1. The van der Waals surface area contributed by atoms with Crippen molar-refractivity contribution in [1.82, 2.24) is 26.3 Å². The molecular formula is C20H27FN6. The molecule has 0 spiro atoms. The molecule has 7 heteroatoms. The quantitative estimate of drug-likeness (QED) is 0.543. The van der Waals surface area contributed by atoms with E-state index in [9.17, 15) is 4.39 Å². The molecule has 0 saturated carbocycles. The second-order valence-electron chi connectivity index (χ2n) is 6.97. The van der Waals surface area contributed by atoms with Gasteiger partial charge in [-0.15, -0.1) is 0 Å². The van der Waals surface area contributed by atoms with E-state index in [0.29, 0.717) is 24.5 Å².